The first-order valence-corrected chi connectivity index (χ1v) is 13.2. The number of hydrogen-bond acceptors (Lipinski definition) is 7. The molecule has 9 nitrogen and oxygen atoms in total. The predicted octanol–water partition coefficient (Wildman–Crippen LogP) is 3.98. The molecular formula is C26H26BrN3O6S. The third-order valence-corrected chi connectivity index (χ3v) is 7.46. The summed E-state index contributed by atoms with van der Waals surface area (Å²) in [4.78, 5) is 52.9. The Morgan fingerprint density at radius 2 is 1.86 bits per heavy atom. The maximum Gasteiger partial charge on any atom is 0.294 e. The number of thioether (sulfide) groups is 1. The number of benzene rings is 2. The molecular weight excluding hydrogens is 562 g/mol. The van der Waals surface area contributed by atoms with Crippen molar-refractivity contribution < 1.29 is 28.7 Å². The molecule has 194 valence electrons. The lowest BCUT2D eigenvalue weighted by Crippen LogP contribution is -2.43. The molecule has 2 heterocycles. The molecule has 11 heteroatoms. The Hall–Kier alpha value is -3.15. The SMILES string of the molecule is Cc1ccc(NC(=O)CN2C(=O)S/C(=C\c3ccc(OCC(=O)N4CCOCC4)c(Br)c3)C2=O)cc1C. The van der Waals surface area contributed by atoms with Gasteiger partial charge in [0.1, 0.15) is 12.3 Å². The van der Waals surface area contributed by atoms with Crippen LogP contribution in [0.4, 0.5) is 10.5 Å². The molecule has 2 aliphatic rings. The molecule has 0 saturated carbocycles. The van der Waals surface area contributed by atoms with Crippen LogP contribution < -0.4 is 10.1 Å². The maximum atomic E-state index is 12.8. The van der Waals surface area contributed by atoms with Crippen molar-refractivity contribution in [3.05, 3.63) is 62.5 Å². The fourth-order valence-electron chi connectivity index (χ4n) is 3.72. The summed E-state index contributed by atoms with van der Waals surface area (Å²) in [5.74, 6) is -0.621. The predicted molar refractivity (Wildman–Crippen MR) is 144 cm³/mol. The number of ether oxygens (including phenoxy) is 2. The monoisotopic (exact) mass is 587 g/mol. The van der Waals surface area contributed by atoms with Crippen LogP contribution in [0.1, 0.15) is 16.7 Å². The van der Waals surface area contributed by atoms with Gasteiger partial charge < -0.3 is 19.7 Å². The van der Waals surface area contributed by atoms with Gasteiger partial charge in [-0.3, -0.25) is 24.1 Å². The highest BCUT2D eigenvalue weighted by Gasteiger charge is 2.36. The molecule has 0 unspecified atom stereocenters. The lowest BCUT2D eigenvalue weighted by atomic mass is 10.1. The minimum atomic E-state index is -0.530. The fraction of sp³-hybridized carbons (Fsp3) is 0.308. The highest BCUT2D eigenvalue weighted by molar-refractivity contribution is 9.10. The van der Waals surface area contributed by atoms with Crippen LogP contribution in [-0.4, -0.2) is 72.2 Å². The number of anilines is 1. The van der Waals surface area contributed by atoms with E-state index in [-0.39, 0.29) is 24.0 Å². The lowest BCUT2D eigenvalue weighted by molar-refractivity contribution is -0.137. The van der Waals surface area contributed by atoms with Gasteiger partial charge in [0, 0.05) is 18.8 Å². The second kappa shape index (κ2) is 11.9. The van der Waals surface area contributed by atoms with E-state index in [4.69, 9.17) is 9.47 Å². The Morgan fingerprint density at radius 3 is 2.57 bits per heavy atom. The Labute approximate surface area is 227 Å². The molecule has 1 N–H and O–H groups in total. The van der Waals surface area contributed by atoms with Crippen LogP contribution in [0, 0.1) is 13.8 Å². The average Bonchev–Trinajstić information content (AvgIpc) is 3.13. The molecule has 0 bridgehead atoms. The normalized spacial score (nSPS) is 16.9. The smallest absolute Gasteiger partial charge is 0.294 e. The van der Waals surface area contributed by atoms with Crippen LogP contribution in [0.2, 0.25) is 0 Å². The molecule has 0 radical (unpaired) electrons. The molecule has 37 heavy (non-hydrogen) atoms. The Bertz CT molecular complexity index is 1270. The van der Waals surface area contributed by atoms with Gasteiger partial charge in [0.05, 0.1) is 22.6 Å². The molecule has 0 atom stereocenters. The molecule has 0 aromatic heterocycles. The third-order valence-electron chi connectivity index (χ3n) is 5.93. The van der Waals surface area contributed by atoms with Crippen molar-refractivity contribution in [1.82, 2.24) is 9.80 Å². The summed E-state index contributed by atoms with van der Waals surface area (Å²) in [6.45, 7) is 5.58. The summed E-state index contributed by atoms with van der Waals surface area (Å²) < 4.78 is 11.5. The van der Waals surface area contributed by atoms with Gasteiger partial charge in [-0.25, -0.2) is 0 Å². The molecule has 4 amide bonds. The van der Waals surface area contributed by atoms with E-state index in [1.807, 2.05) is 26.0 Å². The van der Waals surface area contributed by atoms with Crippen molar-refractivity contribution >= 4 is 62.4 Å². The van der Waals surface area contributed by atoms with Gasteiger partial charge in [-0.05, 0) is 88.6 Å². The zero-order chi connectivity index (χ0) is 26.5. The highest BCUT2D eigenvalue weighted by atomic mass is 79.9. The largest absolute Gasteiger partial charge is 0.483 e. The summed E-state index contributed by atoms with van der Waals surface area (Å²) in [7, 11) is 0. The minimum absolute atomic E-state index is 0.0962. The lowest BCUT2D eigenvalue weighted by Gasteiger charge is -2.26. The highest BCUT2D eigenvalue weighted by Crippen LogP contribution is 2.34. The fourth-order valence-corrected chi connectivity index (χ4v) is 5.07. The van der Waals surface area contributed by atoms with Crippen LogP contribution in [0.25, 0.3) is 6.08 Å². The summed E-state index contributed by atoms with van der Waals surface area (Å²) >= 11 is 4.22. The van der Waals surface area contributed by atoms with Crippen molar-refractivity contribution in [2.24, 2.45) is 0 Å². The molecule has 2 aromatic rings. The standard InChI is InChI=1S/C26H26BrN3O6S/c1-16-3-5-19(11-17(16)2)28-23(31)14-30-25(33)22(37-26(30)34)13-18-4-6-21(20(27)12-18)36-15-24(32)29-7-9-35-10-8-29/h3-6,11-13H,7-10,14-15H2,1-2H3,(H,28,31)/b22-13-. The zero-order valence-electron chi connectivity index (χ0n) is 20.4. The Kier molecular flexibility index (Phi) is 8.67. The van der Waals surface area contributed by atoms with Crippen molar-refractivity contribution in [1.29, 1.82) is 0 Å². The van der Waals surface area contributed by atoms with E-state index in [2.05, 4.69) is 21.2 Å². The van der Waals surface area contributed by atoms with E-state index < -0.39 is 17.1 Å². The van der Waals surface area contributed by atoms with Crippen molar-refractivity contribution in [2.75, 3.05) is 44.8 Å². The number of nitrogens with one attached hydrogen (secondary N) is 1. The molecule has 0 aliphatic carbocycles. The van der Waals surface area contributed by atoms with Gasteiger partial charge in [-0.15, -0.1) is 0 Å². The van der Waals surface area contributed by atoms with Crippen LogP contribution >= 0.6 is 27.7 Å². The molecule has 4 rings (SSSR count). The van der Waals surface area contributed by atoms with E-state index >= 15 is 0 Å². The van der Waals surface area contributed by atoms with Crippen LogP contribution in [-0.2, 0) is 19.1 Å². The molecule has 2 saturated heterocycles. The van der Waals surface area contributed by atoms with E-state index in [0.717, 1.165) is 27.8 Å². The first-order valence-electron chi connectivity index (χ1n) is 11.6. The van der Waals surface area contributed by atoms with Crippen LogP contribution in [0.3, 0.4) is 0 Å². The number of morpholine rings is 1. The second-order valence-corrected chi connectivity index (χ2v) is 10.4. The summed E-state index contributed by atoms with van der Waals surface area (Å²) in [6.07, 6.45) is 1.58. The number of nitrogens with zero attached hydrogens (tertiary/aromatic N) is 2. The Balaban J connectivity index is 1.36. The number of amides is 4. The van der Waals surface area contributed by atoms with Gasteiger partial charge in [0.25, 0.3) is 17.1 Å². The number of imide groups is 1. The van der Waals surface area contributed by atoms with E-state index in [1.54, 1.807) is 35.2 Å². The number of aryl methyl sites for hydroxylation is 2. The first-order chi connectivity index (χ1) is 17.7. The van der Waals surface area contributed by atoms with Crippen molar-refractivity contribution in [3.63, 3.8) is 0 Å². The molecule has 2 aliphatic heterocycles. The van der Waals surface area contributed by atoms with Gasteiger partial charge >= 0.3 is 0 Å². The summed E-state index contributed by atoms with van der Waals surface area (Å²) in [6, 6.07) is 10.6. The van der Waals surface area contributed by atoms with Gasteiger partial charge in [-0.1, -0.05) is 12.1 Å². The zero-order valence-corrected chi connectivity index (χ0v) is 22.8. The minimum Gasteiger partial charge on any atom is -0.483 e. The third kappa shape index (κ3) is 6.79. The second-order valence-electron chi connectivity index (χ2n) is 8.59. The van der Waals surface area contributed by atoms with Crippen LogP contribution in [0.15, 0.2) is 45.8 Å². The van der Waals surface area contributed by atoms with E-state index in [1.165, 1.54) is 0 Å². The molecule has 2 fully saturated rings. The van der Waals surface area contributed by atoms with E-state index in [9.17, 15) is 19.2 Å². The summed E-state index contributed by atoms with van der Waals surface area (Å²) in [5.41, 5.74) is 3.39. The van der Waals surface area contributed by atoms with Gasteiger partial charge in [0.15, 0.2) is 6.61 Å². The van der Waals surface area contributed by atoms with Gasteiger partial charge in [0.2, 0.25) is 5.91 Å². The molecule has 2 aromatic carbocycles. The maximum absolute atomic E-state index is 12.8. The van der Waals surface area contributed by atoms with Gasteiger partial charge in [-0.2, -0.15) is 0 Å². The number of rotatable bonds is 7. The average molecular weight is 588 g/mol. The topological polar surface area (TPSA) is 105 Å². The van der Waals surface area contributed by atoms with Crippen LogP contribution in [0.5, 0.6) is 5.75 Å². The Morgan fingerprint density at radius 1 is 1.11 bits per heavy atom. The first kappa shape index (κ1) is 26.9. The number of carbonyl (C=O) groups is 4. The van der Waals surface area contributed by atoms with Crippen molar-refractivity contribution in [2.45, 2.75) is 13.8 Å². The summed E-state index contributed by atoms with van der Waals surface area (Å²) in [5, 5.41) is 2.22. The van der Waals surface area contributed by atoms with Crippen molar-refractivity contribution in [3.8, 4) is 5.75 Å². The number of hydrogen-bond donors (Lipinski definition) is 1. The quantitative estimate of drug-likeness (QED) is 0.488. The number of halogens is 1. The molecule has 0 spiro atoms. The van der Waals surface area contributed by atoms with E-state index in [0.29, 0.717) is 47.8 Å². The number of carbonyl (C=O) groups excluding carboxylic acids is 4.